The van der Waals surface area contributed by atoms with Gasteiger partial charge in [-0.25, -0.2) is 4.98 Å². The molecule has 2 aromatic rings. The minimum absolute atomic E-state index is 0.0102. The minimum Gasteiger partial charge on any atom is -0.369 e. The van der Waals surface area contributed by atoms with Crippen molar-refractivity contribution in [1.29, 1.82) is 0 Å². The van der Waals surface area contributed by atoms with Gasteiger partial charge in [0.15, 0.2) is 0 Å². The van der Waals surface area contributed by atoms with Gasteiger partial charge in [0.1, 0.15) is 11.4 Å². The molecule has 1 aromatic heterocycles. The third kappa shape index (κ3) is 6.27. The molecule has 12 heteroatoms. The summed E-state index contributed by atoms with van der Waals surface area (Å²) in [5.74, 6) is -0.207. The summed E-state index contributed by atoms with van der Waals surface area (Å²) in [6, 6.07) is 7.34. The van der Waals surface area contributed by atoms with E-state index in [0.717, 1.165) is 50.0 Å². The van der Waals surface area contributed by atoms with Crippen molar-refractivity contribution in [3.8, 4) is 0 Å². The standard InChI is InChI=1S/C28H39F3N8O/c1-4-18-12-20(39-16-21-6-7-22(17-39)38(21)3)8-9-24(18)35-27-34-13-23(28(29,30)31)25(36-27)32-10-5-11-33-26(40)19-14-37(2)15-19/h8-9,12-13,19,21-22H,4-7,10-11,14-17H2,1-3H3,(H,33,40)(H2,32,34,35,36)/t21-,22+. The van der Waals surface area contributed by atoms with Gasteiger partial charge in [-0.3, -0.25) is 9.69 Å². The highest BCUT2D eigenvalue weighted by Gasteiger charge is 2.38. The summed E-state index contributed by atoms with van der Waals surface area (Å²) in [5, 5.41) is 8.79. The molecule has 4 heterocycles. The van der Waals surface area contributed by atoms with Gasteiger partial charge in [-0.15, -0.1) is 0 Å². The molecule has 1 amide bonds. The summed E-state index contributed by atoms with van der Waals surface area (Å²) in [4.78, 5) is 27.2. The highest BCUT2D eigenvalue weighted by molar-refractivity contribution is 5.80. The first-order valence-corrected chi connectivity index (χ1v) is 14.1. The molecule has 9 nitrogen and oxygen atoms in total. The lowest BCUT2D eigenvalue weighted by Gasteiger charge is -2.40. The number of hydrogen-bond acceptors (Lipinski definition) is 8. The molecule has 0 radical (unpaired) electrons. The number of carbonyl (C=O) groups excluding carboxylic acids is 1. The minimum atomic E-state index is -4.59. The molecule has 3 N–H and O–H groups in total. The van der Waals surface area contributed by atoms with E-state index in [2.05, 4.69) is 66.7 Å². The second-order valence-corrected chi connectivity index (χ2v) is 11.2. The predicted octanol–water partition coefficient (Wildman–Crippen LogP) is 3.56. The molecule has 5 rings (SSSR count). The Labute approximate surface area is 233 Å². The van der Waals surface area contributed by atoms with Gasteiger partial charge in [0.2, 0.25) is 11.9 Å². The van der Waals surface area contributed by atoms with E-state index in [-0.39, 0.29) is 30.1 Å². The number of nitrogens with zero attached hydrogens (tertiary/aromatic N) is 5. The largest absolute Gasteiger partial charge is 0.421 e. The van der Waals surface area contributed by atoms with Crippen LogP contribution < -0.4 is 20.9 Å². The Hall–Kier alpha value is -3.12. The van der Waals surface area contributed by atoms with Crippen molar-refractivity contribution in [1.82, 2.24) is 25.1 Å². The number of likely N-dealkylation sites (tertiary alicyclic amines) is 1. The van der Waals surface area contributed by atoms with Gasteiger partial charge in [0, 0.05) is 68.9 Å². The fourth-order valence-corrected chi connectivity index (χ4v) is 5.94. The van der Waals surface area contributed by atoms with Crippen molar-refractivity contribution < 1.29 is 18.0 Å². The van der Waals surface area contributed by atoms with Crippen LogP contribution in [0.2, 0.25) is 0 Å². The molecule has 2 atom stereocenters. The van der Waals surface area contributed by atoms with Crippen LogP contribution in [-0.2, 0) is 17.4 Å². The highest BCUT2D eigenvalue weighted by atomic mass is 19.4. The lowest BCUT2D eigenvalue weighted by Crippen LogP contribution is -2.52. The van der Waals surface area contributed by atoms with E-state index in [1.807, 2.05) is 13.1 Å². The number of alkyl halides is 3. The zero-order valence-electron chi connectivity index (χ0n) is 23.4. The summed E-state index contributed by atoms with van der Waals surface area (Å²) in [5.41, 5.74) is 2.07. The molecule has 1 aromatic carbocycles. The Bertz CT molecular complexity index is 1190. The van der Waals surface area contributed by atoms with Crippen LogP contribution in [0.3, 0.4) is 0 Å². The number of amides is 1. The zero-order chi connectivity index (χ0) is 28.4. The van der Waals surface area contributed by atoms with Crippen molar-refractivity contribution in [2.45, 2.75) is 50.9 Å². The number of halogens is 3. The number of piperazine rings is 1. The van der Waals surface area contributed by atoms with Crippen LogP contribution in [0.1, 0.15) is 37.3 Å². The van der Waals surface area contributed by atoms with Crippen molar-refractivity contribution in [3.63, 3.8) is 0 Å². The molecule has 3 saturated heterocycles. The van der Waals surface area contributed by atoms with Gasteiger partial charge in [-0.05, 0) is 63.5 Å². The van der Waals surface area contributed by atoms with Crippen LogP contribution in [0.4, 0.5) is 36.3 Å². The van der Waals surface area contributed by atoms with Gasteiger partial charge in [0.05, 0.1) is 5.92 Å². The SMILES string of the molecule is CCc1cc(N2C[C@H]3CC[C@@H](C2)N3C)ccc1Nc1ncc(C(F)(F)F)c(NCCCNC(=O)C2CN(C)C2)n1. The van der Waals surface area contributed by atoms with Crippen molar-refractivity contribution in [3.05, 3.63) is 35.5 Å². The maximum atomic E-state index is 13.7. The first-order valence-electron chi connectivity index (χ1n) is 14.1. The van der Waals surface area contributed by atoms with Gasteiger partial charge in [-0.1, -0.05) is 6.92 Å². The van der Waals surface area contributed by atoms with Gasteiger partial charge < -0.3 is 25.8 Å². The molecule has 0 spiro atoms. The molecular formula is C28H39F3N8O. The predicted molar refractivity (Wildman–Crippen MR) is 150 cm³/mol. The number of carbonyl (C=O) groups is 1. The second kappa shape index (κ2) is 11.8. The Morgan fingerprint density at radius 1 is 1.07 bits per heavy atom. The van der Waals surface area contributed by atoms with E-state index < -0.39 is 11.7 Å². The third-order valence-electron chi connectivity index (χ3n) is 8.40. The summed E-state index contributed by atoms with van der Waals surface area (Å²) >= 11 is 0. The van der Waals surface area contributed by atoms with E-state index >= 15 is 0 Å². The van der Waals surface area contributed by atoms with Crippen LogP contribution >= 0.6 is 0 Å². The van der Waals surface area contributed by atoms with E-state index in [4.69, 9.17) is 0 Å². The Balaban J connectivity index is 1.23. The molecule has 3 fully saturated rings. The quantitative estimate of drug-likeness (QED) is 0.381. The maximum Gasteiger partial charge on any atom is 0.421 e. The van der Waals surface area contributed by atoms with Crippen molar-refractivity contribution in [2.75, 3.05) is 68.9 Å². The van der Waals surface area contributed by atoms with E-state index in [0.29, 0.717) is 25.0 Å². The first kappa shape index (κ1) is 28.4. The average Bonchev–Trinajstić information content (AvgIpc) is 3.09. The summed E-state index contributed by atoms with van der Waals surface area (Å²) in [7, 11) is 4.16. The lowest BCUT2D eigenvalue weighted by molar-refractivity contribution is -0.137. The molecule has 0 aliphatic carbocycles. The van der Waals surface area contributed by atoms with E-state index in [1.54, 1.807) is 0 Å². The number of anilines is 4. The maximum absolute atomic E-state index is 13.7. The van der Waals surface area contributed by atoms with E-state index in [9.17, 15) is 18.0 Å². The molecule has 2 bridgehead atoms. The molecule has 0 unspecified atom stereocenters. The first-order chi connectivity index (χ1) is 19.1. The Kier molecular flexibility index (Phi) is 8.37. The Morgan fingerprint density at radius 3 is 2.45 bits per heavy atom. The van der Waals surface area contributed by atoms with Gasteiger partial charge >= 0.3 is 6.18 Å². The summed E-state index contributed by atoms with van der Waals surface area (Å²) in [6.45, 7) is 6.13. The number of likely N-dealkylation sites (N-methyl/N-ethyl adjacent to an activating group) is 1. The highest BCUT2D eigenvalue weighted by Crippen LogP contribution is 2.35. The number of aromatic nitrogens is 2. The molecule has 218 valence electrons. The third-order valence-corrected chi connectivity index (χ3v) is 8.40. The zero-order valence-corrected chi connectivity index (χ0v) is 23.4. The Morgan fingerprint density at radius 2 is 1.80 bits per heavy atom. The number of hydrogen-bond donors (Lipinski definition) is 3. The fourth-order valence-electron chi connectivity index (χ4n) is 5.94. The van der Waals surface area contributed by atoms with Gasteiger partial charge in [0.25, 0.3) is 0 Å². The molecule has 40 heavy (non-hydrogen) atoms. The smallest absolute Gasteiger partial charge is 0.369 e. The molecule has 0 saturated carbocycles. The summed E-state index contributed by atoms with van der Waals surface area (Å²) < 4.78 is 41.0. The van der Waals surface area contributed by atoms with Crippen LogP contribution in [0, 0.1) is 5.92 Å². The number of aryl methyl sites for hydroxylation is 1. The van der Waals surface area contributed by atoms with Crippen molar-refractivity contribution >= 4 is 29.0 Å². The topological polar surface area (TPSA) is 88.7 Å². The average molecular weight is 561 g/mol. The summed E-state index contributed by atoms with van der Waals surface area (Å²) in [6.07, 6.45) is -0.103. The monoisotopic (exact) mass is 560 g/mol. The number of benzene rings is 1. The van der Waals surface area contributed by atoms with Crippen LogP contribution in [0.25, 0.3) is 0 Å². The fraction of sp³-hybridized carbons (Fsp3) is 0.607. The number of fused-ring (bicyclic) bond motifs is 2. The van der Waals surface area contributed by atoms with Crippen LogP contribution in [-0.4, -0.2) is 91.1 Å². The van der Waals surface area contributed by atoms with Gasteiger partial charge in [-0.2, -0.15) is 18.2 Å². The normalized spacial score (nSPS) is 21.8. The lowest BCUT2D eigenvalue weighted by atomic mass is 10.0. The van der Waals surface area contributed by atoms with E-state index in [1.165, 1.54) is 18.5 Å². The van der Waals surface area contributed by atoms with Crippen molar-refractivity contribution in [2.24, 2.45) is 5.92 Å². The molecule has 3 aliphatic heterocycles. The number of nitrogens with one attached hydrogen (secondary N) is 3. The molecule has 3 aliphatic rings. The van der Waals surface area contributed by atoms with Crippen LogP contribution in [0.15, 0.2) is 24.4 Å². The molecular weight excluding hydrogens is 521 g/mol. The second-order valence-electron chi connectivity index (χ2n) is 11.2. The van der Waals surface area contributed by atoms with Crippen LogP contribution in [0.5, 0.6) is 0 Å². The number of rotatable bonds is 10.